The van der Waals surface area contributed by atoms with Gasteiger partial charge in [0, 0.05) is 0 Å². The molecule has 0 N–H and O–H groups in total. The molecular formula is C14H34N2. The highest BCUT2D eigenvalue weighted by atomic mass is 15.1. The highest BCUT2D eigenvalue weighted by molar-refractivity contribution is 4.58. The Balaban J connectivity index is 0. The van der Waals surface area contributed by atoms with Crippen LogP contribution in [0.25, 0.3) is 0 Å². The zero-order valence-electron chi connectivity index (χ0n) is 9.97. The van der Waals surface area contributed by atoms with E-state index in [1.807, 2.05) is 0 Å². The molecule has 0 radical (unpaired) electrons. The van der Waals surface area contributed by atoms with Crippen molar-refractivity contribution in [3.8, 4) is 0 Å². The predicted molar refractivity (Wildman–Crippen MR) is 76.2 cm³/mol. The molecule has 0 unspecified atom stereocenters. The molecule has 0 aromatic heterocycles. The van der Waals surface area contributed by atoms with E-state index in [1.165, 1.54) is 64.7 Å². The summed E-state index contributed by atoms with van der Waals surface area (Å²) >= 11 is 0. The maximum Gasteiger partial charge on any atom is -0.00218 e. The highest BCUT2D eigenvalue weighted by Crippen LogP contribution is 2.05. The lowest BCUT2D eigenvalue weighted by Gasteiger charge is -2.20. The topological polar surface area (TPSA) is 6.48 Å². The molecule has 0 aliphatic carbocycles. The lowest BCUT2D eigenvalue weighted by atomic mass is 10.1. The largest absolute Gasteiger partial charge is 0.306 e. The monoisotopic (exact) mass is 230 g/mol. The van der Waals surface area contributed by atoms with Crippen molar-refractivity contribution in [1.29, 1.82) is 0 Å². The van der Waals surface area contributed by atoms with Crippen LogP contribution in [0.4, 0.5) is 0 Å². The minimum absolute atomic E-state index is 0. The second kappa shape index (κ2) is 11.4. The Morgan fingerprint density at radius 3 is 0.875 bits per heavy atom. The van der Waals surface area contributed by atoms with Gasteiger partial charge in [0.05, 0.1) is 0 Å². The lowest BCUT2D eigenvalue weighted by Crippen LogP contribution is -2.24. The van der Waals surface area contributed by atoms with Gasteiger partial charge in [0.2, 0.25) is 0 Å². The van der Waals surface area contributed by atoms with Gasteiger partial charge in [0.25, 0.3) is 0 Å². The van der Waals surface area contributed by atoms with Crippen LogP contribution in [0.2, 0.25) is 0 Å². The minimum Gasteiger partial charge on any atom is -0.306 e. The average molecular weight is 230 g/mol. The van der Waals surface area contributed by atoms with Crippen molar-refractivity contribution in [2.75, 3.05) is 40.3 Å². The van der Waals surface area contributed by atoms with Crippen LogP contribution in [0.3, 0.4) is 0 Å². The van der Waals surface area contributed by atoms with Crippen LogP contribution < -0.4 is 0 Å². The first-order valence-electron chi connectivity index (χ1n) is 6.16. The van der Waals surface area contributed by atoms with Crippen molar-refractivity contribution >= 4 is 0 Å². The van der Waals surface area contributed by atoms with Gasteiger partial charge in [-0.05, 0) is 66.0 Å². The molecule has 2 heterocycles. The zero-order chi connectivity index (χ0) is 10.2. The first-order chi connectivity index (χ1) is 6.79. The molecule has 0 aromatic carbocycles. The SMILES string of the molecule is C.C.CN1CCCCC1.CN1CCCCC1. The summed E-state index contributed by atoms with van der Waals surface area (Å²) in [6, 6.07) is 0. The Kier molecular flexibility index (Phi) is 13.0. The van der Waals surface area contributed by atoms with E-state index in [1.54, 1.807) is 0 Å². The van der Waals surface area contributed by atoms with E-state index in [9.17, 15) is 0 Å². The van der Waals surface area contributed by atoms with Crippen LogP contribution >= 0.6 is 0 Å². The summed E-state index contributed by atoms with van der Waals surface area (Å²) in [6.07, 6.45) is 8.55. The van der Waals surface area contributed by atoms with Gasteiger partial charge < -0.3 is 9.80 Å². The van der Waals surface area contributed by atoms with Gasteiger partial charge in [-0.15, -0.1) is 0 Å². The predicted octanol–water partition coefficient (Wildman–Crippen LogP) is 3.48. The fourth-order valence-electron chi connectivity index (χ4n) is 2.10. The van der Waals surface area contributed by atoms with Crippen molar-refractivity contribution in [2.24, 2.45) is 0 Å². The van der Waals surface area contributed by atoms with E-state index < -0.39 is 0 Å². The number of piperidine rings is 2. The normalized spacial score (nSPS) is 22.1. The first kappa shape index (κ1) is 18.3. The third-order valence-electron chi connectivity index (χ3n) is 3.16. The van der Waals surface area contributed by atoms with Crippen molar-refractivity contribution in [3.05, 3.63) is 0 Å². The maximum absolute atomic E-state index is 2.39. The number of likely N-dealkylation sites (tertiary alicyclic amines) is 2. The van der Waals surface area contributed by atoms with E-state index in [-0.39, 0.29) is 14.9 Å². The van der Waals surface area contributed by atoms with Gasteiger partial charge in [-0.3, -0.25) is 0 Å². The van der Waals surface area contributed by atoms with Crippen LogP contribution in [0.15, 0.2) is 0 Å². The molecule has 2 heteroatoms. The van der Waals surface area contributed by atoms with Gasteiger partial charge >= 0.3 is 0 Å². The summed E-state index contributed by atoms with van der Waals surface area (Å²) in [6.45, 7) is 5.28. The fourth-order valence-corrected chi connectivity index (χ4v) is 2.10. The molecular weight excluding hydrogens is 196 g/mol. The second-order valence-corrected chi connectivity index (χ2v) is 4.73. The third-order valence-corrected chi connectivity index (χ3v) is 3.16. The van der Waals surface area contributed by atoms with Crippen LogP contribution in [-0.4, -0.2) is 50.1 Å². The summed E-state index contributed by atoms with van der Waals surface area (Å²) in [7, 11) is 4.39. The quantitative estimate of drug-likeness (QED) is 0.629. The van der Waals surface area contributed by atoms with Crippen LogP contribution in [0.1, 0.15) is 53.4 Å². The third kappa shape index (κ3) is 9.17. The zero-order valence-corrected chi connectivity index (χ0v) is 9.97. The molecule has 0 saturated carbocycles. The Morgan fingerprint density at radius 1 is 0.500 bits per heavy atom. The van der Waals surface area contributed by atoms with Crippen LogP contribution in [0.5, 0.6) is 0 Å². The Labute approximate surface area is 104 Å². The van der Waals surface area contributed by atoms with Crippen molar-refractivity contribution < 1.29 is 0 Å². The molecule has 0 atom stereocenters. The molecule has 2 aliphatic rings. The Bertz CT molecular complexity index is 109. The smallest absolute Gasteiger partial charge is 0.00218 e. The van der Waals surface area contributed by atoms with Gasteiger partial charge in [-0.1, -0.05) is 27.7 Å². The highest BCUT2D eigenvalue weighted by Gasteiger charge is 2.02. The van der Waals surface area contributed by atoms with Gasteiger partial charge in [0.1, 0.15) is 0 Å². The summed E-state index contributed by atoms with van der Waals surface area (Å²) in [4.78, 5) is 4.78. The Hall–Kier alpha value is -0.0800. The van der Waals surface area contributed by atoms with E-state index in [2.05, 4.69) is 23.9 Å². The molecule has 0 aromatic rings. The molecule has 2 aliphatic heterocycles. The summed E-state index contributed by atoms with van der Waals surface area (Å²) in [5, 5.41) is 0. The summed E-state index contributed by atoms with van der Waals surface area (Å²) in [5.41, 5.74) is 0. The molecule has 2 nitrogen and oxygen atoms in total. The van der Waals surface area contributed by atoms with Crippen LogP contribution in [0, 0.1) is 0 Å². The number of rotatable bonds is 0. The van der Waals surface area contributed by atoms with Gasteiger partial charge in [-0.25, -0.2) is 0 Å². The second-order valence-electron chi connectivity index (χ2n) is 4.73. The maximum atomic E-state index is 2.39. The first-order valence-corrected chi connectivity index (χ1v) is 6.16. The van der Waals surface area contributed by atoms with Crippen molar-refractivity contribution in [1.82, 2.24) is 9.80 Å². The molecule has 16 heavy (non-hydrogen) atoms. The lowest BCUT2D eigenvalue weighted by molar-refractivity contribution is 0.277. The number of hydrogen-bond donors (Lipinski definition) is 0. The van der Waals surface area contributed by atoms with E-state index in [0.29, 0.717) is 0 Å². The molecule has 2 fully saturated rings. The van der Waals surface area contributed by atoms with Crippen LogP contribution in [-0.2, 0) is 0 Å². The Morgan fingerprint density at radius 2 is 0.750 bits per heavy atom. The summed E-state index contributed by atoms with van der Waals surface area (Å²) < 4.78 is 0. The average Bonchev–Trinajstić information content (AvgIpc) is 2.21. The molecule has 2 saturated heterocycles. The summed E-state index contributed by atoms with van der Waals surface area (Å²) in [5.74, 6) is 0. The van der Waals surface area contributed by atoms with E-state index in [0.717, 1.165) is 0 Å². The fraction of sp³-hybridized carbons (Fsp3) is 1.00. The van der Waals surface area contributed by atoms with Gasteiger partial charge in [-0.2, -0.15) is 0 Å². The van der Waals surface area contributed by atoms with Gasteiger partial charge in [0.15, 0.2) is 0 Å². The molecule has 100 valence electrons. The molecule has 0 amide bonds. The van der Waals surface area contributed by atoms with Crippen molar-refractivity contribution in [2.45, 2.75) is 53.4 Å². The number of nitrogens with zero attached hydrogens (tertiary/aromatic N) is 2. The van der Waals surface area contributed by atoms with E-state index in [4.69, 9.17) is 0 Å². The molecule has 2 rings (SSSR count). The van der Waals surface area contributed by atoms with E-state index >= 15 is 0 Å². The number of hydrogen-bond acceptors (Lipinski definition) is 2. The molecule has 0 bridgehead atoms. The standard InChI is InChI=1S/2C6H13N.2CH4/c2*1-7-5-3-2-4-6-7;;/h2*2-6H2,1H3;2*1H4. The van der Waals surface area contributed by atoms with Crippen molar-refractivity contribution in [3.63, 3.8) is 0 Å². The minimum atomic E-state index is 0. The molecule has 0 spiro atoms.